The number of carbonyl (C=O) groups excluding carboxylic acids is 1. The number of anilines is 1. The fraction of sp³-hybridized carbons (Fsp3) is 0.533. The normalized spacial score (nSPS) is 19.4. The molecule has 1 aromatic carbocycles. The van der Waals surface area contributed by atoms with Crippen molar-refractivity contribution in [3.63, 3.8) is 0 Å². The van der Waals surface area contributed by atoms with E-state index >= 15 is 0 Å². The number of amides is 1. The molecule has 1 aliphatic rings. The Morgan fingerprint density at radius 1 is 1.42 bits per heavy atom. The Kier molecular flexibility index (Phi) is 4.80. The largest absolute Gasteiger partial charge is 0.368 e. The molecule has 1 heterocycles. The lowest BCUT2D eigenvalue weighted by atomic mass is 9.99. The van der Waals surface area contributed by atoms with Crippen molar-refractivity contribution in [2.24, 2.45) is 5.73 Å². The lowest BCUT2D eigenvalue weighted by Crippen LogP contribution is -2.48. The standard InChI is InChI=1S/C15H23N3O/c1-2-17-11-12-7-3-4-8-13(12)18-10-6-5-9-14(18)15(16)19/h3-4,7-8,14,17H,2,5-6,9-11H2,1H3,(H2,16,19). The number of hydrogen-bond donors (Lipinski definition) is 2. The third kappa shape index (κ3) is 3.26. The molecular weight excluding hydrogens is 238 g/mol. The van der Waals surface area contributed by atoms with Crippen molar-refractivity contribution < 1.29 is 4.79 Å². The van der Waals surface area contributed by atoms with Gasteiger partial charge in [0.1, 0.15) is 6.04 Å². The first-order chi connectivity index (χ1) is 9.24. The van der Waals surface area contributed by atoms with E-state index in [2.05, 4.69) is 29.3 Å². The van der Waals surface area contributed by atoms with Crippen molar-refractivity contribution in [1.29, 1.82) is 0 Å². The van der Waals surface area contributed by atoms with Crippen LogP contribution >= 0.6 is 0 Å². The SMILES string of the molecule is CCNCc1ccccc1N1CCCCC1C(N)=O. The van der Waals surface area contributed by atoms with Crippen LogP contribution in [0.3, 0.4) is 0 Å². The van der Waals surface area contributed by atoms with E-state index in [4.69, 9.17) is 5.73 Å². The number of piperidine rings is 1. The number of rotatable bonds is 5. The zero-order valence-corrected chi connectivity index (χ0v) is 11.6. The molecule has 19 heavy (non-hydrogen) atoms. The van der Waals surface area contributed by atoms with Crippen LogP contribution in [0.25, 0.3) is 0 Å². The second-order valence-corrected chi connectivity index (χ2v) is 5.02. The molecule has 1 aliphatic heterocycles. The number of benzene rings is 1. The molecule has 1 amide bonds. The summed E-state index contributed by atoms with van der Waals surface area (Å²) in [6, 6.07) is 8.12. The average Bonchev–Trinajstić information content (AvgIpc) is 2.45. The highest BCUT2D eigenvalue weighted by atomic mass is 16.1. The summed E-state index contributed by atoms with van der Waals surface area (Å²) >= 11 is 0. The van der Waals surface area contributed by atoms with E-state index in [1.54, 1.807) is 0 Å². The highest BCUT2D eigenvalue weighted by Crippen LogP contribution is 2.27. The monoisotopic (exact) mass is 261 g/mol. The summed E-state index contributed by atoms with van der Waals surface area (Å²) in [6.07, 6.45) is 3.07. The van der Waals surface area contributed by atoms with Gasteiger partial charge in [0.2, 0.25) is 5.91 Å². The van der Waals surface area contributed by atoms with Crippen molar-refractivity contribution in [2.45, 2.75) is 38.8 Å². The van der Waals surface area contributed by atoms with Crippen molar-refractivity contribution in [2.75, 3.05) is 18.0 Å². The summed E-state index contributed by atoms with van der Waals surface area (Å²) in [4.78, 5) is 13.8. The van der Waals surface area contributed by atoms with Crippen LogP contribution in [-0.2, 0) is 11.3 Å². The molecule has 0 aromatic heterocycles. The van der Waals surface area contributed by atoms with E-state index in [9.17, 15) is 4.79 Å². The van der Waals surface area contributed by atoms with Crippen LogP contribution in [0, 0.1) is 0 Å². The highest BCUT2D eigenvalue weighted by Gasteiger charge is 2.28. The summed E-state index contributed by atoms with van der Waals surface area (Å²) in [5.74, 6) is -0.210. The molecule has 0 bridgehead atoms. The Labute approximate surface area is 115 Å². The molecule has 1 fully saturated rings. The number of nitrogens with one attached hydrogen (secondary N) is 1. The van der Waals surface area contributed by atoms with Gasteiger partial charge in [0.05, 0.1) is 0 Å². The molecule has 0 saturated carbocycles. The van der Waals surface area contributed by atoms with Gasteiger partial charge in [-0.05, 0) is 37.4 Å². The lowest BCUT2D eigenvalue weighted by Gasteiger charge is -2.36. The van der Waals surface area contributed by atoms with E-state index in [1.807, 2.05) is 12.1 Å². The van der Waals surface area contributed by atoms with Gasteiger partial charge in [-0.25, -0.2) is 0 Å². The van der Waals surface area contributed by atoms with Gasteiger partial charge in [-0.2, -0.15) is 0 Å². The second kappa shape index (κ2) is 6.57. The molecule has 4 nitrogen and oxygen atoms in total. The first-order valence-corrected chi connectivity index (χ1v) is 7.08. The Morgan fingerprint density at radius 3 is 2.95 bits per heavy atom. The van der Waals surface area contributed by atoms with E-state index in [0.29, 0.717) is 0 Å². The van der Waals surface area contributed by atoms with Crippen LogP contribution < -0.4 is 16.0 Å². The van der Waals surface area contributed by atoms with Crippen LogP contribution in [0.4, 0.5) is 5.69 Å². The fourth-order valence-electron chi connectivity index (χ4n) is 2.72. The van der Waals surface area contributed by atoms with Gasteiger partial charge in [0.25, 0.3) is 0 Å². The van der Waals surface area contributed by atoms with Gasteiger partial charge in [-0.1, -0.05) is 25.1 Å². The minimum Gasteiger partial charge on any atom is -0.368 e. The van der Waals surface area contributed by atoms with Gasteiger partial charge in [-0.3, -0.25) is 4.79 Å². The number of carbonyl (C=O) groups is 1. The van der Waals surface area contributed by atoms with Crippen molar-refractivity contribution >= 4 is 11.6 Å². The third-order valence-electron chi connectivity index (χ3n) is 3.70. The van der Waals surface area contributed by atoms with E-state index in [-0.39, 0.29) is 11.9 Å². The molecule has 4 heteroatoms. The number of nitrogens with two attached hydrogens (primary N) is 1. The van der Waals surface area contributed by atoms with Gasteiger partial charge in [-0.15, -0.1) is 0 Å². The zero-order chi connectivity index (χ0) is 13.7. The first-order valence-electron chi connectivity index (χ1n) is 7.08. The zero-order valence-electron chi connectivity index (χ0n) is 11.6. The Hall–Kier alpha value is -1.55. The Morgan fingerprint density at radius 2 is 2.21 bits per heavy atom. The Balaban J connectivity index is 2.25. The van der Waals surface area contributed by atoms with Crippen LogP contribution in [0.15, 0.2) is 24.3 Å². The van der Waals surface area contributed by atoms with Crippen molar-refractivity contribution in [1.82, 2.24) is 5.32 Å². The van der Waals surface area contributed by atoms with Gasteiger partial charge in [0.15, 0.2) is 0 Å². The molecule has 1 aromatic rings. The predicted octanol–water partition coefficient (Wildman–Crippen LogP) is 1.64. The van der Waals surface area contributed by atoms with Gasteiger partial charge >= 0.3 is 0 Å². The van der Waals surface area contributed by atoms with Crippen molar-refractivity contribution in [3.8, 4) is 0 Å². The maximum absolute atomic E-state index is 11.6. The highest BCUT2D eigenvalue weighted by molar-refractivity contribution is 5.84. The molecule has 3 N–H and O–H groups in total. The van der Waals surface area contributed by atoms with Crippen LogP contribution in [-0.4, -0.2) is 25.0 Å². The molecule has 2 rings (SSSR count). The molecule has 0 spiro atoms. The minimum atomic E-state index is -0.210. The maximum atomic E-state index is 11.6. The quantitative estimate of drug-likeness (QED) is 0.847. The molecular formula is C15H23N3O. The smallest absolute Gasteiger partial charge is 0.240 e. The minimum absolute atomic E-state index is 0.156. The van der Waals surface area contributed by atoms with Gasteiger partial charge < -0.3 is 16.0 Å². The lowest BCUT2D eigenvalue weighted by molar-refractivity contribution is -0.119. The van der Waals surface area contributed by atoms with Crippen LogP contribution in [0.2, 0.25) is 0 Å². The number of primary amides is 1. The summed E-state index contributed by atoms with van der Waals surface area (Å²) < 4.78 is 0. The maximum Gasteiger partial charge on any atom is 0.240 e. The number of hydrogen-bond acceptors (Lipinski definition) is 3. The Bertz CT molecular complexity index is 433. The summed E-state index contributed by atoms with van der Waals surface area (Å²) in [5, 5.41) is 3.35. The molecule has 104 valence electrons. The number of para-hydroxylation sites is 1. The van der Waals surface area contributed by atoms with E-state index in [0.717, 1.165) is 44.6 Å². The van der Waals surface area contributed by atoms with Crippen LogP contribution in [0.5, 0.6) is 0 Å². The first kappa shape index (κ1) is 13.9. The molecule has 0 aliphatic carbocycles. The summed E-state index contributed by atoms with van der Waals surface area (Å²) in [6.45, 7) is 4.77. The molecule has 1 saturated heterocycles. The molecule has 0 radical (unpaired) electrons. The van der Waals surface area contributed by atoms with Crippen LogP contribution in [0.1, 0.15) is 31.7 Å². The van der Waals surface area contributed by atoms with Crippen molar-refractivity contribution in [3.05, 3.63) is 29.8 Å². The number of nitrogens with zero attached hydrogens (tertiary/aromatic N) is 1. The van der Waals surface area contributed by atoms with E-state index in [1.165, 1.54) is 5.56 Å². The van der Waals surface area contributed by atoms with Gasteiger partial charge in [0, 0.05) is 18.8 Å². The predicted molar refractivity (Wildman–Crippen MR) is 78.0 cm³/mol. The molecule has 1 atom stereocenters. The average molecular weight is 261 g/mol. The third-order valence-corrected chi connectivity index (χ3v) is 3.70. The summed E-state index contributed by atoms with van der Waals surface area (Å²) in [5.41, 5.74) is 7.93. The second-order valence-electron chi connectivity index (χ2n) is 5.02. The molecule has 1 unspecified atom stereocenters. The fourth-order valence-corrected chi connectivity index (χ4v) is 2.72. The topological polar surface area (TPSA) is 58.4 Å². The van der Waals surface area contributed by atoms with E-state index < -0.39 is 0 Å². The summed E-state index contributed by atoms with van der Waals surface area (Å²) in [7, 11) is 0.